The molecule has 1 fully saturated rings. The minimum atomic E-state index is 0.199. The Morgan fingerprint density at radius 2 is 1.41 bits per heavy atom. The van der Waals surface area contributed by atoms with Crippen LogP contribution in [0.3, 0.4) is 0 Å². The molecule has 29 heavy (non-hydrogen) atoms. The van der Waals surface area contributed by atoms with E-state index < -0.39 is 0 Å². The van der Waals surface area contributed by atoms with Gasteiger partial charge < -0.3 is 4.90 Å². The van der Waals surface area contributed by atoms with Crippen LogP contribution in [0.25, 0.3) is 11.1 Å². The van der Waals surface area contributed by atoms with Gasteiger partial charge in [0, 0.05) is 37.4 Å². The second kappa shape index (κ2) is 8.62. The zero-order chi connectivity index (χ0) is 20.2. The molecule has 3 aromatic carbocycles. The van der Waals surface area contributed by atoms with Crippen LogP contribution in [0.1, 0.15) is 21.5 Å². The Hall–Kier alpha value is -2.91. The molecule has 148 valence electrons. The normalized spacial score (nSPS) is 14.8. The maximum atomic E-state index is 12.8. The summed E-state index contributed by atoms with van der Waals surface area (Å²) >= 11 is 0. The highest BCUT2D eigenvalue weighted by Crippen LogP contribution is 2.24. The lowest BCUT2D eigenvalue weighted by atomic mass is 10.0. The molecule has 0 aromatic heterocycles. The van der Waals surface area contributed by atoms with E-state index in [1.165, 1.54) is 22.4 Å². The molecule has 1 saturated heterocycles. The number of rotatable bonds is 5. The third-order valence-corrected chi connectivity index (χ3v) is 5.97. The summed E-state index contributed by atoms with van der Waals surface area (Å²) in [5, 5.41) is 0. The van der Waals surface area contributed by atoms with E-state index in [1.807, 2.05) is 42.5 Å². The molecule has 0 N–H and O–H groups in total. The molecule has 0 unspecified atom stereocenters. The second-order valence-electron chi connectivity index (χ2n) is 7.85. The number of hydrogen-bond acceptors (Lipinski definition) is 3. The van der Waals surface area contributed by atoms with E-state index in [4.69, 9.17) is 0 Å². The Kier molecular flexibility index (Phi) is 5.77. The van der Waals surface area contributed by atoms with Gasteiger partial charge in [0.1, 0.15) is 0 Å². The molecule has 3 aromatic rings. The molecule has 0 atom stereocenters. The van der Waals surface area contributed by atoms with Gasteiger partial charge in [-0.2, -0.15) is 0 Å². The lowest BCUT2D eigenvalue weighted by Gasteiger charge is -2.36. The number of ketones is 1. The fourth-order valence-corrected chi connectivity index (χ4v) is 4.00. The summed E-state index contributed by atoms with van der Waals surface area (Å²) in [6.07, 6.45) is 0. The first kappa shape index (κ1) is 19.4. The third kappa shape index (κ3) is 4.41. The van der Waals surface area contributed by atoms with E-state index in [-0.39, 0.29) is 5.78 Å². The van der Waals surface area contributed by atoms with E-state index in [0.29, 0.717) is 6.54 Å². The van der Waals surface area contributed by atoms with E-state index in [0.717, 1.165) is 37.3 Å². The minimum absolute atomic E-state index is 0.199. The molecule has 0 saturated carbocycles. The second-order valence-corrected chi connectivity index (χ2v) is 7.85. The zero-order valence-electron chi connectivity index (χ0n) is 17.3. The summed E-state index contributed by atoms with van der Waals surface area (Å²) < 4.78 is 0. The summed E-state index contributed by atoms with van der Waals surface area (Å²) in [6, 6.07) is 24.8. The van der Waals surface area contributed by atoms with Crippen LogP contribution in [0, 0.1) is 13.8 Å². The van der Waals surface area contributed by atoms with E-state index >= 15 is 0 Å². The quantitative estimate of drug-likeness (QED) is 0.580. The van der Waals surface area contributed by atoms with Crippen molar-refractivity contribution in [2.45, 2.75) is 13.8 Å². The van der Waals surface area contributed by atoms with Crippen molar-refractivity contribution in [2.75, 3.05) is 37.6 Å². The van der Waals surface area contributed by atoms with Crippen LogP contribution < -0.4 is 4.90 Å². The van der Waals surface area contributed by atoms with Crippen LogP contribution >= 0.6 is 0 Å². The SMILES string of the molecule is Cc1cccc(N2CCN(CC(=O)c3ccc(-c4ccccc4)cc3)CC2)c1C. The first-order valence-electron chi connectivity index (χ1n) is 10.3. The van der Waals surface area contributed by atoms with Crippen LogP contribution in [-0.4, -0.2) is 43.4 Å². The molecule has 3 heteroatoms. The predicted octanol–water partition coefficient (Wildman–Crippen LogP) is 4.98. The van der Waals surface area contributed by atoms with Gasteiger partial charge in [-0.3, -0.25) is 9.69 Å². The van der Waals surface area contributed by atoms with Gasteiger partial charge >= 0.3 is 0 Å². The molecule has 0 amide bonds. The first-order chi connectivity index (χ1) is 14.1. The van der Waals surface area contributed by atoms with Gasteiger partial charge in [-0.05, 0) is 42.2 Å². The van der Waals surface area contributed by atoms with Gasteiger partial charge in [-0.1, -0.05) is 66.7 Å². The molecule has 0 bridgehead atoms. The molecule has 4 rings (SSSR count). The molecule has 1 heterocycles. The van der Waals surface area contributed by atoms with Crippen molar-refractivity contribution >= 4 is 11.5 Å². The monoisotopic (exact) mass is 384 g/mol. The molecule has 3 nitrogen and oxygen atoms in total. The van der Waals surface area contributed by atoms with E-state index in [2.05, 4.69) is 54.0 Å². The minimum Gasteiger partial charge on any atom is -0.369 e. The Morgan fingerprint density at radius 1 is 0.759 bits per heavy atom. The average Bonchev–Trinajstić information content (AvgIpc) is 2.77. The number of Topliss-reactive ketones (excluding diaryl/α,β-unsaturated/α-hetero) is 1. The van der Waals surface area contributed by atoms with Gasteiger partial charge in [0.15, 0.2) is 5.78 Å². The lowest BCUT2D eigenvalue weighted by Crippen LogP contribution is -2.48. The van der Waals surface area contributed by atoms with Crippen LogP contribution in [0.2, 0.25) is 0 Å². The Morgan fingerprint density at radius 3 is 2.10 bits per heavy atom. The van der Waals surface area contributed by atoms with Crippen LogP contribution in [0.4, 0.5) is 5.69 Å². The first-order valence-corrected chi connectivity index (χ1v) is 10.3. The number of piperazine rings is 1. The topological polar surface area (TPSA) is 23.6 Å². The van der Waals surface area contributed by atoms with Crippen LogP contribution in [0.15, 0.2) is 72.8 Å². The number of aryl methyl sites for hydroxylation is 1. The van der Waals surface area contributed by atoms with Crippen molar-refractivity contribution in [3.05, 3.63) is 89.5 Å². The number of hydrogen-bond donors (Lipinski definition) is 0. The summed E-state index contributed by atoms with van der Waals surface area (Å²) in [5.74, 6) is 0.199. The highest BCUT2D eigenvalue weighted by molar-refractivity contribution is 5.98. The van der Waals surface area contributed by atoms with Crippen LogP contribution in [0.5, 0.6) is 0 Å². The van der Waals surface area contributed by atoms with Crippen molar-refractivity contribution in [3.63, 3.8) is 0 Å². The number of anilines is 1. The van der Waals surface area contributed by atoms with Gasteiger partial charge in [0.05, 0.1) is 6.54 Å². The van der Waals surface area contributed by atoms with Gasteiger partial charge in [-0.25, -0.2) is 0 Å². The summed E-state index contributed by atoms with van der Waals surface area (Å²) in [6.45, 7) is 8.61. The Bertz CT molecular complexity index is 971. The van der Waals surface area contributed by atoms with Crippen molar-refractivity contribution in [1.29, 1.82) is 0 Å². The maximum Gasteiger partial charge on any atom is 0.176 e. The van der Waals surface area contributed by atoms with Crippen molar-refractivity contribution < 1.29 is 4.79 Å². The number of carbonyl (C=O) groups excluding carboxylic acids is 1. The van der Waals surface area contributed by atoms with Gasteiger partial charge in [-0.15, -0.1) is 0 Å². The number of benzene rings is 3. The number of nitrogens with zero attached hydrogens (tertiary/aromatic N) is 2. The standard InChI is InChI=1S/C26H28N2O/c1-20-7-6-10-25(21(20)2)28-17-15-27(16-18-28)19-26(29)24-13-11-23(12-14-24)22-8-4-3-5-9-22/h3-14H,15-19H2,1-2H3. The largest absolute Gasteiger partial charge is 0.369 e. The van der Waals surface area contributed by atoms with E-state index in [1.54, 1.807) is 0 Å². The summed E-state index contributed by atoms with van der Waals surface area (Å²) in [4.78, 5) is 17.5. The summed E-state index contributed by atoms with van der Waals surface area (Å²) in [7, 11) is 0. The average molecular weight is 385 g/mol. The van der Waals surface area contributed by atoms with Crippen molar-refractivity contribution in [2.24, 2.45) is 0 Å². The molecule has 0 radical (unpaired) electrons. The fourth-order valence-electron chi connectivity index (χ4n) is 4.00. The third-order valence-electron chi connectivity index (χ3n) is 5.97. The molecule has 1 aliphatic heterocycles. The van der Waals surface area contributed by atoms with Crippen molar-refractivity contribution in [3.8, 4) is 11.1 Å². The molecular weight excluding hydrogens is 356 g/mol. The Labute approximate surface area is 173 Å². The highest BCUT2D eigenvalue weighted by atomic mass is 16.1. The van der Waals surface area contributed by atoms with Crippen LogP contribution in [-0.2, 0) is 0 Å². The smallest absolute Gasteiger partial charge is 0.176 e. The highest BCUT2D eigenvalue weighted by Gasteiger charge is 2.21. The molecule has 1 aliphatic rings. The van der Waals surface area contributed by atoms with Crippen molar-refractivity contribution in [1.82, 2.24) is 4.90 Å². The lowest BCUT2D eigenvalue weighted by molar-refractivity contribution is 0.0926. The van der Waals surface area contributed by atoms with Gasteiger partial charge in [0.25, 0.3) is 0 Å². The molecule has 0 spiro atoms. The zero-order valence-corrected chi connectivity index (χ0v) is 17.3. The Balaban J connectivity index is 1.35. The fraction of sp³-hybridized carbons (Fsp3) is 0.269. The molecule has 0 aliphatic carbocycles. The van der Waals surface area contributed by atoms with Gasteiger partial charge in [0.2, 0.25) is 0 Å². The predicted molar refractivity (Wildman–Crippen MR) is 121 cm³/mol. The summed E-state index contributed by atoms with van der Waals surface area (Å²) in [5.41, 5.74) is 7.13. The number of carbonyl (C=O) groups is 1. The molecular formula is C26H28N2O. The van der Waals surface area contributed by atoms with E-state index in [9.17, 15) is 4.79 Å². The maximum absolute atomic E-state index is 12.8.